The molecule has 3 N–H and O–H groups in total. The molecule has 2 rings (SSSR count). The monoisotopic (exact) mass is 321 g/mol. The van der Waals surface area contributed by atoms with E-state index in [2.05, 4.69) is 9.71 Å². The van der Waals surface area contributed by atoms with Gasteiger partial charge in [-0.05, 0) is 56.2 Å². The Morgan fingerprint density at radius 3 is 2.36 bits per heavy atom. The number of nitrogen functional groups attached to an aromatic ring is 1. The maximum atomic E-state index is 13.4. The van der Waals surface area contributed by atoms with E-state index in [0.29, 0.717) is 0 Å². The molecule has 1 aromatic carbocycles. The predicted octanol–water partition coefficient (Wildman–Crippen LogP) is 2.94. The number of rotatable bonds is 4. The van der Waals surface area contributed by atoms with Gasteiger partial charge in [-0.3, -0.25) is 4.98 Å². The van der Waals surface area contributed by atoms with E-state index in [1.165, 1.54) is 6.07 Å². The summed E-state index contributed by atoms with van der Waals surface area (Å²) in [5, 5.41) is 0. The van der Waals surface area contributed by atoms with Gasteiger partial charge in [0.05, 0.1) is 5.69 Å². The van der Waals surface area contributed by atoms with Gasteiger partial charge in [-0.2, -0.15) is 0 Å². The number of anilines is 1. The minimum absolute atomic E-state index is 0.0693. The number of benzene rings is 1. The highest BCUT2D eigenvalue weighted by atomic mass is 32.2. The quantitative estimate of drug-likeness (QED) is 0.671. The Balaban J connectivity index is 2.39. The molecule has 1 heterocycles. The van der Waals surface area contributed by atoms with Crippen LogP contribution < -0.4 is 10.5 Å². The SMILES string of the molecule is CC(C)(C)[S+]([O-])NC(c1ccncc1)c1ccc(F)c(N)c1. The van der Waals surface area contributed by atoms with Crippen LogP contribution in [0, 0.1) is 5.82 Å². The number of pyridine rings is 1. The average molecular weight is 321 g/mol. The lowest BCUT2D eigenvalue weighted by molar-refractivity contribution is 0.535. The number of hydrogen-bond donors (Lipinski definition) is 2. The van der Waals surface area contributed by atoms with Gasteiger partial charge in [0.25, 0.3) is 0 Å². The zero-order valence-corrected chi connectivity index (χ0v) is 13.7. The van der Waals surface area contributed by atoms with Crippen LogP contribution in [0.1, 0.15) is 37.9 Å². The molecule has 0 fully saturated rings. The molecule has 0 amide bonds. The zero-order valence-electron chi connectivity index (χ0n) is 12.8. The molecular formula is C16H20FN3OS. The second kappa shape index (κ2) is 6.64. The van der Waals surface area contributed by atoms with Gasteiger partial charge in [0.15, 0.2) is 0 Å². The summed E-state index contributed by atoms with van der Waals surface area (Å²) < 4.78 is 28.5. The Labute approximate surface area is 133 Å². The Morgan fingerprint density at radius 2 is 1.82 bits per heavy atom. The van der Waals surface area contributed by atoms with Gasteiger partial charge in [0.2, 0.25) is 0 Å². The van der Waals surface area contributed by atoms with E-state index in [9.17, 15) is 8.94 Å². The predicted molar refractivity (Wildman–Crippen MR) is 87.9 cm³/mol. The maximum absolute atomic E-state index is 13.4. The van der Waals surface area contributed by atoms with E-state index in [1.807, 2.05) is 32.9 Å². The first-order chi connectivity index (χ1) is 10.3. The molecular weight excluding hydrogens is 301 g/mol. The van der Waals surface area contributed by atoms with Crippen LogP contribution in [-0.2, 0) is 11.4 Å². The van der Waals surface area contributed by atoms with E-state index in [-0.39, 0.29) is 11.7 Å². The lowest BCUT2D eigenvalue weighted by Crippen LogP contribution is -2.41. The van der Waals surface area contributed by atoms with Crippen LogP contribution in [0.25, 0.3) is 0 Å². The number of nitrogens with two attached hydrogens (primary N) is 1. The minimum atomic E-state index is -1.29. The van der Waals surface area contributed by atoms with Crippen molar-refractivity contribution in [3.63, 3.8) is 0 Å². The molecule has 0 radical (unpaired) electrons. The average Bonchev–Trinajstić information content (AvgIpc) is 2.47. The van der Waals surface area contributed by atoms with E-state index in [1.54, 1.807) is 24.5 Å². The van der Waals surface area contributed by atoms with Crippen molar-refractivity contribution in [3.05, 3.63) is 59.7 Å². The molecule has 1 aromatic heterocycles. The number of nitrogens with one attached hydrogen (secondary N) is 1. The Bertz CT molecular complexity index is 631. The fourth-order valence-corrected chi connectivity index (χ4v) is 2.75. The molecule has 0 spiro atoms. The second-order valence-electron chi connectivity index (χ2n) is 5.99. The number of aromatic nitrogens is 1. The molecule has 0 aliphatic rings. The topological polar surface area (TPSA) is 74.0 Å². The summed E-state index contributed by atoms with van der Waals surface area (Å²) in [5.74, 6) is -0.464. The van der Waals surface area contributed by atoms with Crippen molar-refractivity contribution in [2.75, 3.05) is 5.73 Å². The molecule has 118 valence electrons. The summed E-state index contributed by atoms with van der Waals surface area (Å²) >= 11 is -1.29. The Morgan fingerprint density at radius 1 is 1.18 bits per heavy atom. The van der Waals surface area contributed by atoms with Crippen LogP contribution in [0.15, 0.2) is 42.7 Å². The van der Waals surface area contributed by atoms with Crippen LogP contribution in [0.5, 0.6) is 0 Å². The molecule has 0 saturated heterocycles. The molecule has 6 heteroatoms. The molecule has 0 aliphatic carbocycles. The van der Waals surface area contributed by atoms with Crippen molar-refractivity contribution >= 4 is 17.0 Å². The second-order valence-corrected chi connectivity index (χ2v) is 7.99. The molecule has 2 unspecified atom stereocenters. The maximum Gasteiger partial charge on any atom is 0.146 e. The summed E-state index contributed by atoms with van der Waals surface area (Å²) in [7, 11) is 0. The largest absolute Gasteiger partial charge is 0.598 e. The van der Waals surface area contributed by atoms with Crippen molar-refractivity contribution in [2.45, 2.75) is 31.6 Å². The van der Waals surface area contributed by atoms with Gasteiger partial charge in [-0.15, -0.1) is 4.72 Å². The van der Waals surface area contributed by atoms with Gasteiger partial charge >= 0.3 is 0 Å². The first kappa shape index (κ1) is 16.7. The van der Waals surface area contributed by atoms with Crippen molar-refractivity contribution in [2.24, 2.45) is 0 Å². The first-order valence-electron chi connectivity index (χ1n) is 6.92. The third kappa shape index (κ3) is 3.97. The van der Waals surface area contributed by atoms with Crippen LogP contribution in [0.2, 0.25) is 0 Å². The molecule has 4 nitrogen and oxygen atoms in total. The zero-order chi connectivity index (χ0) is 16.3. The summed E-state index contributed by atoms with van der Waals surface area (Å²) in [6.45, 7) is 5.66. The normalized spacial score (nSPS) is 14.6. The van der Waals surface area contributed by atoms with Gasteiger partial charge in [-0.25, -0.2) is 4.39 Å². The fourth-order valence-electron chi connectivity index (χ4n) is 1.91. The number of nitrogens with zero attached hydrogens (tertiary/aromatic N) is 1. The van der Waals surface area contributed by atoms with Gasteiger partial charge < -0.3 is 10.3 Å². The van der Waals surface area contributed by atoms with Crippen LogP contribution in [0.4, 0.5) is 10.1 Å². The van der Waals surface area contributed by atoms with Gasteiger partial charge in [-0.1, -0.05) is 6.07 Å². The van der Waals surface area contributed by atoms with Gasteiger partial charge in [0, 0.05) is 23.8 Å². The van der Waals surface area contributed by atoms with Crippen molar-refractivity contribution in [1.29, 1.82) is 0 Å². The van der Waals surface area contributed by atoms with Crippen LogP contribution >= 0.6 is 0 Å². The molecule has 2 aromatic rings. The van der Waals surface area contributed by atoms with E-state index in [4.69, 9.17) is 5.73 Å². The molecule has 0 bridgehead atoms. The number of halogens is 1. The molecule has 2 atom stereocenters. The lowest BCUT2D eigenvalue weighted by Gasteiger charge is -2.28. The molecule has 0 saturated carbocycles. The van der Waals surface area contributed by atoms with E-state index >= 15 is 0 Å². The Kier molecular flexibility index (Phi) is 5.05. The molecule has 0 aliphatic heterocycles. The summed E-state index contributed by atoms with van der Waals surface area (Å²) in [6, 6.07) is 7.83. The summed E-state index contributed by atoms with van der Waals surface area (Å²) in [4.78, 5) is 3.99. The van der Waals surface area contributed by atoms with Gasteiger partial charge in [0.1, 0.15) is 16.6 Å². The number of hydrogen-bond acceptors (Lipinski definition) is 4. The van der Waals surface area contributed by atoms with E-state index < -0.39 is 21.9 Å². The fraction of sp³-hybridized carbons (Fsp3) is 0.312. The lowest BCUT2D eigenvalue weighted by atomic mass is 10.00. The highest BCUT2D eigenvalue weighted by Crippen LogP contribution is 2.27. The van der Waals surface area contributed by atoms with Crippen molar-refractivity contribution in [3.8, 4) is 0 Å². The standard InChI is InChI=1S/C16H20FN3OS/c1-16(2,3)22(21)20-15(11-6-8-19-9-7-11)12-4-5-13(17)14(18)10-12/h4-10,15,20H,18H2,1-3H3. The smallest absolute Gasteiger partial charge is 0.146 e. The highest BCUT2D eigenvalue weighted by molar-refractivity contribution is 7.90. The summed E-state index contributed by atoms with van der Waals surface area (Å²) in [5.41, 5.74) is 7.37. The first-order valence-corrected chi connectivity index (χ1v) is 8.07. The highest BCUT2D eigenvalue weighted by Gasteiger charge is 2.30. The van der Waals surface area contributed by atoms with Crippen molar-refractivity contribution < 1.29 is 8.94 Å². The summed E-state index contributed by atoms with van der Waals surface area (Å²) in [6.07, 6.45) is 3.33. The van der Waals surface area contributed by atoms with Crippen LogP contribution in [0.3, 0.4) is 0 Å². The van der Waals surface area contributed by atoms with Crippen molar-refractivity contribution in [1.82, 2.24) is 9.71 Å². The van der Waals surface area contributed by atoms with E-state index in [0.717, 1.165) is 11.1 Å². The minimum Gasteiger partial charge on any atom is -0.598 e. The third-order valence-electron chi connectivity index (χ3n) is 3.17. The molecule has 22 heavy (non-hydrogen) atoms. The Hall–Kier alpha value is -1.63. The van der Waals surface area contributed by atoms with Crippen LogP contribution in [-0.4, -0.2) is 14.3 Å². The third-order valence-corrected chi connectivity index (χ3v) is 4.74.